The number of benzene rings is 1. The lowest BCUT2D eigenvalue weighted by atomic mass is 10.2. The van der Waals surface area contributed by atoms with Crippen LogP contribution in [0.1, 0.15) is 0 Å². The third-order valence-electron chi connectivity index (χ3n) is 2.64. The van der Waals surface area contributed by atoms with Gasteiger partial charge in [0.2, 0.25) is 0 Å². The van der Waals surface area contributed by atoms with E-state index in [1.165, 1.54) is 12.1 Å². The fraction of sp³-hybridized carbons (Fsp3) is 0.455. The van der Waals surface area contributed by atoms with Crippen LogP contribution >= 0.6 is 0 Å². The summed E-state index contributed by atoms with van der Waals surface area (Å²) in [6.45, 7) is 2.94. The van der Waals surface area contributed by atoms with Crippen molar-refractivity contribution in [1.29, 1.82) is 0 Å². The number of nitrogen functional groups attached to an aromatic ring is 1. The van der Waals surface area contributed by atoms with E-state index in [0.29, 0.717) is 0 Å². The average molecular weight is 260 g/mol. The van der Waals surface area contributed by atoms with Crippen LogP contribution in [-0.2, 0) is 0 Å². The van der Waals surface area contributed by atoms with E-state index in [1.54, 1.807) is 6.07 Å². The Hall–Kier alpha value is -1.63. The maximum atomic E-state index is 12.1. The van der Waals surface area contributed by atoms with E-state index in [1.807, 2.05) is 4.90 Å². The van der Waals surface area contributed by atoms with E-state index in [2.05, 4.69) is 10.1 Å². The van der Waals surface area contributed by atoms with Crippen molar-refractivity contribution in [2.75, 3.05) is 36.8 Å². The predicted octanol–water partition coefficient (Wildman–Crippen LogP) is 1.59. The number of piperazine rings is 1. The largest absolute Gasteiger partial charge is 0.573 e. The Bertz CT molecular complexity index is 416. The van der Waals surface area contributed by atoms with Crippen LogP contribution in [0.2, 0.25) is 0 Å². The SMILES string of the molecule is Nc1cc(N2CC[N]CC2)ccc1OC(F)(F)F. The van der Waals surface area contributed by atoms with Gasteiger partial charge in [-0.1, -0.05) is 0 Å². The van der Waals surface area contributed by atoms with Crippen molar-refractivity contribution in [1.82, 2.24) is 5.32 Å². The maximum absolute atomic E-state index is 12.1. The normalized spacial score (nSPS) is 16.7. The van der Waals surface area contributed by atoms with Crippen molar-refractivity contribution in [2.45, 2.75) is 6.36 Å². The summed E-state index contributed by atoms with van der Waals surface area (Å²) in [6.07, 6.45) is -4.72. The standard InChI is InChI=1S/C11H13F3N3O/c12-11(13,14)18-10-2-1-8(7-9(10)15)17-5-3-16-4-6-17/h1-2,7H,3-6,15H2. The number of nitrogens with two attached hydrogens (primary N) is 1. The number of halogens is 3. The fourth-order valence-electron chi connectivity index (χ4n) is 1.81. The molecule has 7 heteroatoms. The first-order valence-electron chi connectivity index (χ1n) is 5.49. The van der Waals surface area contributed by atoms with Gasteiger partial charge in [0.1, 0.15) is 0 Å². The number of hydrogen-bond acceptors (Lipinski definition) is 3. The van der Waals surface area contributed by atoms with Crippen molar-refractivity contribution >= 4 is 11.4 Å². The molecule has 4 nitrogen and oxygen atoms in total. The third kappa shape index (κ3) is 3.19. The van der Waals surface area contributed by atoms with Crippen LogP contribution in [0.5, 0.6) is 5.75 Å². The summed E-state index contributed by atoms with van der Waals surface area (Å²) < 4.78 is 40.0. The van der Waals surface area contributed by atoms with Crippen molar-refractivity contribution in [2.24, 2.45) is 0 Å². The third-order valence-corrected chi connectivity index (χ3v) is 2.64. The topological polar surface area (TPSA) is 52.6 Å². The second-order valence-electron chi connectivity index (χ2n) is 3.93. The highest BCUT2D eigenvalue weighted by atomic mass is 19.4. The summed E-state index contributed by atoms with van der Waals surface area (Å²) in [5.41, 5.74) is 6.33. The van der Waals surface area contributed by atoms with Gasteiger partial charge in [-0.2, -0.15) is 0 Å². The molecular weight excluding hydrogens is 247 g/mol. The number of ether oxygens (including phenoxy) is 1. The zero-order valence-electron chi connectivity index (χ0n) is 9.57. The summed E-state index contributed by atoms with van der Waals surface area (Å²) in [4.78, 5) is 2.03. The molecule has 1 aromatic carbocycles. The average Bonchev–Trinajstić information content (AvgIpc) is 2.31. The molecule has 99 valence electrons. The summed E-state index contributed by atoms with van der Waals surface area (Å²) >= 11 is 0. The van der Waals surface area contributed by atoms with Gasteiger partial charge in [-0.05, 0) is 18.2 Å². The molecule has 0 bridgehead atoms. The molecule has 1 aliphatic rings. The summed E-state index contributed by atoms with van der Waals surface area (Å²) in [7, 11) is 0. The van der Waals surface area contributed by atoms with Crippen molar-refractivity contribution in [3.05, 3.63) is 18.2 Å². The first kappa shape index (κ1) is 12.8. The maximum Gasteiger partial charge on any atom is 0.573 e. The summed E-state index contributed by atoms with van der Waals surface area (Å²) in [5.74, 6) is -0.368. The quantitative estimate of drug-likeness (QED) is 0.822. The monoisotopic (exact) mass is 260 g/mol. The Morgan fingerprint density at radius 2 is 1.89 bits per heavy atom. The van der Waals surface area contributed by atoms with Crippen LogP contribution in [0.15, 0.2) is 18.2 Å². The molecular formula is C11H13F3N3O. The molecule has 0 aliphatic carbocycles. The van der Waals surface area contributed by atoms with Gasteiger partial charge in [-0.3, -0.25) is 0 Å². The lowest BCUT2D eigenvalue weighted by Crippen LogP contribution is -2.40. The lowest BCUT2D eigenvalue weighted by molar-refractivity contribution is -0.274. The molecule has 0 atom stereocenters. The Morgan fingerprint density at radius 1 is 1.22 bits per heavy atom. The molecule has 0 amide bonds. The van der Waals surface area contributed by atoms with Gasteiger partial charge in [0, 0.05) is 31.9 Å². The summed E-state index contributed by atoms with van der Waals surface area (Å²) in [5, 5.41) is 4.19. The Kier molecular flexibility index (Phi) is 3.51. The van der Waals surface area contributed by atoms with Gasteiger partial charge in [0.25, 0.3) is 0 Å². The van der Waals surface area contributed by atoms with Crippen LogP contribution in [0.4, 0.5) is 24.5 Å². The minimum absolute atomic E-state index is 0.0210. The van der Waals surface area contributed by atoms with Gasteiger partial charge in [-0.25, -0.2) is 5.32 Å². The number of anilines is 2. The molecule has 1 radical (unpaired) electrons. The number of hydrogen-bond donors (Lipinski definition) is 1. The van der Waals surface area contributed by atoms with Crippen LogP contribution in [-0.4, -0.2) is 32.5 Å². The van der Waals surface area contributed by atoms with Gasteiger partial charge < -0.3 is 15.4 Å². The zero-order valence-corrected chi connectivity index (χ0v) is 9.57. The molecule has 0 unspecified atom stereocenters. The Morgan fingerprint density at radius 3 is 2.44 bits per heavy atom. The molecule has 1 aliphatic heterocycles. The first-order chi connectivity index (χ1) is 8.46. The van der Waals surface area contributed by atoms with Crippen LogP contribution < -0.4 is 20.7 Å². The van der Waals surface area contributed by atoms with E-state index in [0.717, 1.165) is 31.9 Å². The van der Waals surface area contributed by atoms with E-state index in [-0.39, 0.29) is 11.4 Å². The Labute approximate surface area is 103 Å². The Balaban J connectivity index is 2.13. The van der Waals surface area contributed by atoms with Crippen LogP contribution in [0.3, 0.4) is 0 Å². The predicted molar refractivity (Wildman–Crippen MR) is 61.6 cm³/mol. The summed E-state index contributed by atoms with van der Waals surface area (Å²) in [6, 6.07) is 4.30. The van der Waals surface area contributed by atoms with Gasteiger partial charge in [-0.15, -0.1) is 13.2 Å². The van der Waals surface area contributed by atoms with Crippen LogP contribution in [0.25, 0.3) is 0 Å². The first-order valence-corrected chi connectivity index (χ1v) is 5.49. The van der Waals surface area contributed by atoms with Gasteiger partial charge >= 0.3 is 6.36 Å². The van der Waals surface area contributed by atoms with Crippen molar-refractivity contribution < 1.29 is 17.9 Å². The molecule has 2 N–H and O–H groups in total. The smallest absolute Gasteiger partial charge is 0.404 e. The minimum Gasteiger partial charge on any atom is -0.404 e. The molecule has 1 aromatic rings. The zero-order chi connectivity index (χ0) is 13.2. The second kappa shape index (κ2) is 4.93. The molecule has 0 saturated carbocycles. The molecule has 1 fully saturated rings. The molecule has 18 heavy (non-hydrogen) atoms. The highest BCUT2D eigenvalue weighted by molar-refractivity contribution is 5.63. The van der Waals surface area contributed by atoms with Gasteiger partial charge in [0.05, 0.1) is 5.69 Å². The lowest BCUT2D eigenvalue weighted by Gasteiger charge is -2.29. The number of alkyl halides is 3. The molecule has 1 heterocycles. The molecule has 1 saturated heterocycles. The number of nitrogens with zero attached hydrogens (tertiary/aromatic N) is 2. The van der Waals surface area contributed by atoms with E-state index in [4.69, 9.17) is 5.73 Å². The van der Waals surface area contributed by atoms with E-state index in [9.17, 15) is 13.2 Å². The minimum atomic E-state index is -4.72. The highest BCUT2D eigenvalue weighted by Gasteiger charge is 2.32. The molecule has 0 spiro atoms. The van der Waals surface area contributed by atoms with Crippen molar-refractivity contribution in [3.8, 4) is 5.75 Å². The second-order valence-corrected chi connectivity index (χ2v) is 3.93. The highest BCUT2D eigenvalue weighted by Crippen LogP contribution is 2.31. The molecule has 2 rings (SSSR count). The van der Waals surface area contributed by atoms with Gasteiger partial charge in [0.15, 0.2) is 5.75 Å². The van der Waals surface area contributed by atoms with Crippen LogP contribution in [0, 0.1) is 0 Å². The van der Waals surface area contributed by atoms with Crippen molar-refractivity contribution in [3.63, 3.8) is 0 Å². The van der Waals surface area contributed by atoms with E-state index >= 15 is 0 Å². The molecule has 0 aromatic heterocycles. The number of rotatable bonds is 2. The fourth-order valence-corrected chi connectivity index (χ4v) is 1.81. The van der Waals surface area contributed by atoms with E-state index < -0.39 is 6.36 Å².